The standard InChI is InChI=1S/C20H19N3O4S/c1-13-6-8-14(9-7-13)28-11-10-21-17(24)12-27-20(26)18-15-4-2-3-5-16(15)19(25)23-22-18/h2-9H,10-12H2,1H3,(H,21,24)(H,23,25). The summed E-state index contributed by atoms with van der Waals surface area (Å²) in [5.74, 6) is -0.460. The Hall–Kier alpha value is -3.13. The molecule has 0 unspecified atom stereocenters. The molecule has 0 fully saturated rings. The highest BCUT2D eigenvalue weighted by Gasteiger charge is 2.16. The molecule has 0 spiro atoms. The number of rotatable bonds is 7. The number of H-pyrrole nitrogens is 1. The summed E-state index contributed by atoms with van der Waals surface area (Å²) in [5.41, 5.74) is 0.776. The van der Waals surface area contributed by atoms with Crippen LogP contribution in [0.3, 0.4) is 0 Å². The number of nitrogens with one attached hydrogen (secondary N) is 2. The normalized spacial score (nSPS) is 10.6. The van der Waals surface area contributed by atoms with Gasteiger partial charge in [-0.2, -0.15) is 5.10 Å². The maximum atomic E-state index is 12.2. The highest BCUT2D eigenvalue weighted by atomic mass is 32.2. The summed E-state index contributed by atoms with van der Waals surface area (Å²) < 4.78 is 5.02. The quantitative estimate of drug-likeness (QED) is 0.360. The third-order valence-corrected chi connectivity index (χ3v) is 4.95. The summed E-state index contributed by atoms with van der Waals surface area (Å²) in [6.07, 6.45) is 0. The first-order valence-electron chi connectivity index (χ1n) is 8.65. The van der Waals surface area contributed by atoms with Crippen molar-refractivity contribution >= 4 is 34.4 Å². The molecule has 3 rings (SSSR count). The first kappa shape index (κ1) is 19.6. The Morgan fingerprint density at radius 1 is 1.11 bits per heavy atom. The van der Waals surface area contributed by atoms with E-state index in [2.05, 4.69) is 15.5 Å². The Balaban J connectivity index is 1.47. The minimum absolute atomic E-state index is 0.0297. The van der Waals surface area contributed by atoms with Gasteiger partial charge in [0.2, 0.25) is 0 Å². The van der Waals surface area contributed by atoms with Gasteiger partial charge in [-0.3, -0.25) is 9.59 Å². The van der Waals surface area contributed by atoms with Gasteiger partial charge in [0.15, 0.2) is 12.3 Å². The molecule has 0 aliphatic heterocycles. The Labute approximate surface area is 165 Å². The van der Waals surface area contributed by atoms with Crippen molar-refractivity contribution < 1.29 is 14.3 Å². The topological polar surface area (TPSA) is 101 Å². The summed E-state index contributed by atoms with van der Waals surface area (Å²) in [4.78, 5) is 37.0. The number of amides is 1. The average Bonchev–Trinajstić information content (AvgIpc) is 2.71. The van der Waals surface area contributed by atoms with Crippen LogP contribution in [0.2, 0.25) is 0 Å². The van der Waals surface area contributed by atoms with E-state index in [1.807, 2.05) is 31.2 Å². The van der Waals surface area contributed by atoms with E-state index in [0.717, 1.165) is 4.90 Å². The van der Waals surface area contributed by atoms with Crippen LogP contribution in [0.5, 0.6) is 0 Å². The molecule has 0 aliphatic carbocycles. The Morgan fingerprint density at radius 3 is 2.57 bits per heavy atom. The Morgan fingerprint density at radius 2 is 1.82 bits per heavy atom. The molecule has 1 heterocycles. The van der Waals surface area contributed by atoms with E-state index >= 15 is 0 Å². The first-order valence-corrected chi connectivity index (χ1v) is 9.64. The molecular weight excluding hydrogens is 378 g/mol. The van der Waals surface area contributed by atoms with Gasteiger partial charge in [-0.1, -0.05) is 35.9 Å². The number of carbonyl (C=O) groups is 2. The second kappa shape index (κ2) is 9.18. The molecule has 0 saturated heterocycles. The molecule has 0 bridgehead atoms. The van der Waals surface area contributed by atoms with Crippen LogP contribution >= 0.6 is 11.8 Å². The van der Waals surface area contributed by atoms with Crippen LogP contribution in [0.1, 0.15) is 16.1 Å². The predicted molar refractivity (Wildman–Crippen MR) is 108 cm³/mol. The van der Waals surface area contributed by atoms with E-state index in [0.29, 0.717) is 23.1 Å². The van der Waals surface area contributed by atoms with Crippen LogP contribution in [0.4, 0.5) is 0 Å². The molecule has 7 nitrogen and oxygen atoms in total. The fourth-order valence-electron chi connectivity index (χ4n) is 2.51. The van der Waals surface area contributed by atoms with Gasteiger partial charge in [-0.15, -0.1) is 11.8 Å². The zero-order chi connectivity index (χ0) is 19.9. The van der Waals surface area contributed by atoms with E-state index in [-0.39, 0.29) is 5.69 Å². The van der Waals surface area contributed by atoms with Crippen molar-refractivity contribution in [1.29, 1.82) is 0 Å². The lowest BCUT2D eigenvalue weighted by Gasteiger charge is -2.07. The van der Waals surface area contributed by atoms with Crippen molar-refractivity contribution in [3.8, 4) is 0 Å². The summed E-state index contributed by atoms with van der Waals surface area (Å²) in [6, 6.07) is 14.7. The molecule has 0 aliphatic rings. The minimum atomic E-state index is -0.767. The maximum Gasteiger partial charge on any atom is 0.359 e. The Kier molecular flexibility index (Phi) is 6.44. The van der Waals surface area contributed by atoms with E-state index in [4.69, 9.17) is 4.74 Å². The predicted octanol–water partition coefficient (Wildman–Crippen LogP) is 2.30. The lowest BCUT2D eigenvalue weighted by molar-refractivity contribution is -0.124. The van der Waals surface area contributed by atoms with Crippen molar-refractivity contribution in [3.05, 3.63) is 70.1 Å². The number of esters is 1. The molecule has 28 heavy (non-hydrogen) atoms. The van der Waals surface area contributed by atoms with Crippen LogP contribution in [-0.4, -0.2) is 41.0 Å². The van der Waals surface area contributed by atoms with Gasteiger partial charge in [0.25, 0.3) is 11.5 Å². The fourth-order valence-corrected chi connectivity index (χ4v) is 3.28. The van der Waals surface area contributed by atoms with Crippen molar-refractivity contribution in [2.45, 2.75) is 11.8 Å². The number of aromatic nitrogens is 2. The fraction of sp³-hybridized carbons (Fsp3) is 0.200. The zero-order valence-electron chi connectivity index (χ0n) is 15.2. The third-order valence-electron chi connectivity index (χ3n) is 3.94. The number of nitrogens with zero attached hydrogens (tertiary/aromatic N) is 1. The molecule has 144 valence electrons. The monoisotopic (exact) mass is 397 g/mol. The van der Waals surface area contributed by atoms with Gasteiger partial charge in [0.1, 0.15) is 0 Å². The molecule has 0 radical (unpaired) electrons. The number of benzene rings is 2. The van der Waals surface area contributed by atoms with E-state index in [1.54, 1.807) is 36.0 Å². The number of ether oxygens (including phenoxy) is 1. The summed E-state index contributed by atoms with van der Waals surface area (Å²) in [5, 5.41) is 9.43. The average molecular weight is 397 g/mol. The number of carbonyl (C=O) groups excluding carboxylic acids is 2. The van der Waals surface area contributed by atoms with E-state index in [1.165, 1.54) is 5.56 Å². The van der Waals surface area contributed by atoms with Gasteiger partial charge < -0.3 is 10.1 Å². The summed E-state index contributed by atoms with van der Waals surface area (Å²) in [6.45, 7) is 2.07. The lowest BCUT2D eigenvalue weighted by atomic mass is 10.1. The SMILES string of the molecule is Cc1ccc(SCCNC(=O)COC(=O)c2n[nH]c(=O)c3ccccc23)cc1. The Bertz CT molecular complexity index is 1050. The first-order chi connectivity index (χ1) is 13.5. The van der Waals surface area contributed by atoms with Crippen molar-refractivity contribution in [2.75, 3.05) is 18.9 Å². The summed E-state index contributed by atoms with van der Waals surface area (Å²) in [7, 11) is 0. The lowest BCUT2D eigenvalue weighted by Crippen LogP contribution is -2.30. The maximum absolute atomic E-state index is 12.2. The summed E-state index contributed by atoms with van der Waals surface area (Å²) >= 11 is 1.63. The number of fused-ring (bicyclic) bond motifs is 1. The third kappa shape index (κ3) is 4.98. The molecule has 2 aromatic carbocycles. The van der Waals surface area contributed by atoms with Gasteiger partial charge in [0, 0.05) is 22.6 Å². The molecule has 0 saturated carbocycles. The van der Waals surface area contributed by atoms with Gasteiger partial charge in [-0.25, -0.2) is 9.89 Å². The molecule has 1 aromatic heterocycles. The number of thioether (sulfide) groups is 1. The van der Waals surface area contributed by atoms with Crippen LogP contribution < -0.4 is 10.9 Å². The largest absolute Gasteiger partial charge is 0.451 e. The van der Waals surface area contributed by atoms with Crippen molar-refractivity contribution in [1.82, 2.24) is 15.5 Å². The van der Waals surface area contributed by atoms with Crippen LogP contribution in [-0.2, 0) is 9.53 Å². The number of aryl methyl sites for hydroxylation is 1. The second-order valence-corrected chi connectivity index (χ2v) is 7.20. The molecule has 1 amide bonds. The molecule has 0 atom stereocenters. The van der Waals surface area contributed by atoms with Crippen LogP contribution in [0.15, 0.2) is 58.2 Å². The highest BCUT2D eigenvalue weighted by Crippen LogP contribution is 2.17. The number of hydrogen-bond acceptors (Lipinski definition) is 6. The number of aromatic amines is 1. The number of hydrogen-bond donors (Lipinski definition) is 2. The van der Waals surface area contributed by atoms with Crippen molar-refractivity contribution in [2.24, 2.45) is 0 Å². The molecule has 2 N–H and O–H groups in total. The van der Waals surface area contributed by atoms with Crippen LogP contribution in [0.25, 0.3) is 10.8 Å². The van der Waals surface area contributed by atoms with E-state index in [9.17, 15) is 14.4 Å². The zero-order valence-corrected chi connectivity index (χ0v) is 16.0. The van der Waals surface area contributed by atoms with Gasteiger partial charge in [0.05, 0.1) is 5.39 Å². The van der Waals surface area contributed by atoms with Gasteiger partial charge in [-0.05, 0) is 25.1 Å². The van der Waals surface area contributed by atoms with Gasteiger partial charge >= 0.3 is 5.97 Å². The molecule has 3 aromatic rings. The second-order valence-electron chi connectivity index (χ2n) is 6.03. The highest BCUT2D eigenvalue weighted by molar-refractivity contribution is 7.99. The molecular formula is C20H19N3O4S. The van der Waals surface area contributed by atoms with Crippen molar-refractivity contribution in [3.63, 3.8) is 0 Å². The minimum Gasteiger partial charge on any atom is -0.451 e. The smallest absolute Gasteiger partial charge is 0.359 e. The van der Waals surface area contributed by atoms with E-state index < -0.39 is 24.0 Å². The molecule has 8 heteroatoms. The van der Waals surface area contributed by atoms with Crippen LogP contribution in [0, 0.1) is 6.92 Å².